The molecule has 4 heteroatoms. The third-order valence-corrected chi connectivity index (χ3v) is 3.31. The minimum absolute atomic E-state index is 0.208. The molecule has 1 unspecified atom stereocenters. The van der Waals surface area contributed by atoms with Gasteiger partial charge in [-0.3, -0.25) is 0 Å². The molecule has 1 heterocycles. The number of aryl methyl sites for hydroxylation is 1. The lowest BCUT2D eigenvalue weighted by Crippen LogP contribution is -2.11. The molecule has 0 spiro atoms. The monoisotopic (exact) mass is 239 g/mol. The highest BCUT2D eigenvalue weighted by Crippen LogP contribution is 2.41. The van der Waals surface area contributed by atoms with Crippen LogP contribution >= 0.6 is 0 Å². The van der Waals surface area contributed by atoms with Gasteiger partial charge in [-0.05, 0) is 31.5 Å². The second-order valence-corrected chi connectivity index (χ2v) is 4.35. The van der Waals surface area contributed by atoms with Crippen molar-refractivity contribution in [2.75, 3.05) is 27.3 Å². The number of hydrogen-bond acceptors (Lipinski definition) is 3. The summed E-state index contributed by atoms with van der Waals surface area (Å²) in [4.78, 5) is 0. The largest absolute Gasteiger partial charge is 0.492 e. The average Bonchev–Trinajstić information content (AvgIpc) is 2.81. The standard InChI is InChI=1S/C13H18FNO2/c1-8-6-10(14)12(16-2)13(17-3)11(8)9-4-5-15-7-9/h6,9,15H,4-5,7H2,1-3H3. The Balaban J connectivity index is 2.55. The van der Waals surface area contributed by atoms with E-state index in [2.05, 4.69) is 5.32 Å². The van der Waals surface area contributed by atoms with Crippen LogP contribution in [-0.4, -0.2) is 27.3 Å². The molecule has 0 amide bonds. The van der Waals surface area contributed by atoms with Gasteiger partial charge in [0.15, 0.2) is 17.3 Å². The lowest BCUT2D eigenvalue weighted by Gasteiger charge is -2.19. The van der Waals surface area contributed by atoms with E-state index in [0.29, 0.717) is 11.7 Å². The Bertz CT molecular complexity index is 414. The van der Waals surface area contributed by atoms with Gasteiger partial charge in [-0.15, -0.1) is 0 Å². The van der Waals surface area contributed by atoms with E-state index in [1.807, 2.05) is 6.92 Å². The Morgan fingerprint density at radius 2 is 2.00 bits per heavy atom. The first-order chi connectivity index (χ1) is 8.19. The topological polar surface area (TPSA) is 30.5 Å². The summed E-state index contributed by atoms with van der Waals surface area (Å²) in [6.45, 7) is 3.82. The number of nitrogens with one attached hydrogen (secondary N) is 1. The minimum atomic E-state index is -0.364. The maximum absolute atomic E-state index is 13.7. The third-order valence-electron chi connectivity index (χ3n) is 3.31. The summed E-state index contributed by atoms with van der Waals surface area (Å²) in [5.74, 6) is 0.759. The fourth-order valence-corrected chi connectivity index (χ4v) is 2.54. The zero-order chi connectivity index (χ0) is 12.4. The number of halogens is 1. The normalized spacial score (nSPS) is 19.4. The van der Waals surface area contributed by atoms with Gasteiger partial charge in [-0.25, -0.2) is 4.39 Å². The molecule has 1 N–H and O–H groups in total. The van der Waals surface area contributed by atoms with Crippen molar-refractivity contribution in [1.29, 1.82) is 0 Å². The Hall–Kier alpha value is -1.29. The van der Waals surface area contributed by atoms with Crippen LogP contribution in [0.1, 0.15) is 23.5 Å². The van der Waals surface area contributed by atoms with Crippen molar-refractivity contribution >= 4 is 0 Å². The molecule has 94 valence electrons. The van der Waals surface area contributed by atoms with Crippen LogP contribution in [-0.2, 0) is 0 Å². The molecule has 0 aromatic heterocycles. The number of benzene rings is 1. The number of ether oxygens (including phenoxy) is 2. The molecule has 3 nitrogen and oxygen atoms in total. The summed E-state index contributed by atoms with van der Waals surface area (Å²) in [6, 6.07) is 1.52. The second kappa shape index (κ2) is 4.92. The van der Waals surface area contributed by atoms with Crippen molar-refractivity contribution in [1.82, 2.24) is 5.32 Å². The Labute approximate surface area is 101 Å². The molecule has 1 atom stereocenters. The highest BCUT2D eigenvalue weighted by Gasteiger charge is 2.26. The summed E-state index contributed by atoms with van der Waals surface area (Å²) >= 11 is 0. The van der Waals surface area contributed by atoms with Gasteiger partial charge in [0.2, 0.25) is 0 Å². The van der Waals surface area contributed by atoms with E-state index in [-0.39, 0.29) is 11.6 Å². The van der Waals surface area contributed by atoms with Crippen LogP contribution in [0, 0.1) is 12.7 Å². The predicted octanol–water partition coefficient (Wildman–Crippen LogP) is 2.23. The van der Waals surface area contributed by atoms with Gasteiger partial charge in [0.1, 0.15) is 0 Å². The van der Waals surface area contributed by atoms with Gasteiger partial charge in [0, 0.05) is 18.0 Å². The molecule has 1 aromatic rings. The van der Waals surface area contributed by atoms with Gasteiger partial charge in [0.05, 0.1) is 14.2 Å². The molecule has 1 fully saturated rings. The van der Waals surface area contributed by atoms with Crippen molar-refractivity contribution in [3.05, 3.63) is 23.0 Å². The zero-order valence-corrected chi connectivity index (χ0v) is 10.5. The predicted molar refractivity (Wildman–Crippen MR) is 64.5 cm³/mol. The van der Waals surface area contributed by atoms with Crippen LogP contribution in [0.2, 0.25) is 0 Å². The van der Waals surface area contributed by atoms with E-state index in [0.717, 1.165) is 30.6 Å². The Morgan fingerprint density at radius 1 is 1.29 bits per heavy atom. The van der Waals surface area contributed by atoms with Crippen LogP contribution in [0.25, 0.3) is 0 Å². The van der Waals surface area contributed by atoms with E-state index in [1.54, 1.807) is 7.11 Å². The maximum atomic E-state index is 13.7. The summed E-state index contributed by atoms with van der Waals surface area (Å²) in [5.41, 5.74) is 1.99. The van der Waals surface area contributed by atoms with Crippen LogP contribution in [0.5, 0.6) is 11.5 Å². The average molecular weight is 239 g/mol. The number of hydrogen-bond donors (Lipinski definition) is 1. The van der Waals surface area contributed by atoms with Crippen molar-refractivity contribution in [3.63, 3.8) is 0 Å². The molecule has 17 heavy (non-hydrogen) atoms. The molecule has 2 rings (SSSR count). The highest BCUT2D eigenvalue weighted by molar-refractivity contribution is 5.53. The summed E-state index contributed by atoms with van der Waals surface area (Å²) in [5, 5.41) is 3.31. The fourth-order valence-electron chi connectivity index (χ4n) is 2.54. The van der Waals surface area contributed by atoms with Crippen molar-refractivity contribution < 1.29 is 13.9 Å². The van der Waals surface area contributed by atoms with Gasteiger partial charge in [-0.1, -0.05) is 0 Å². The van der Waals surface area contributed by atoms with Gasteiger partial charge in [-0.2, -0.15) is 0 Å². The first kappa shape index (κ1) is 12.2. The van der Waals surface area contributed by atoms with Crippen molar-refractivity contribution in [3.8, 4) is 11.5 Å². The van der Waals surface area contributed by atoms with Crippen LogP contribution in [0.4, 0.5) is 4.39 Å². The molecular formula is C13H18FNO2. The van der Waals surface area contributed by atoms with Gasteiger partial charge in [0.25, 0.3) is 0 Å². The van der Waals surface area contributed by atoms with Crippen molar-refractivity contribution in [2.24, 2.45) is 0 Å². The summed E-state index contributed by atoms with van der Waals surface area (Å²) in [7, 11) is 3.02. The number of rotatable bonds is 3. The quantitative estimate of drug-likeness (QED) is 0.877. The number of methoxy groups -OCH3 is 2. The van der Waals surface area contributed by atoms with E-state index in [9.17, 15) is 4.39 Å². The van der Waals surface area contributed by atoms with E-state index in [4.69, 9.17) is 9.47 Å². The first-order valence-electron chi connectivity index (χ1n) is 5.80. The molecular weight excluding hydrogens is 221 g/mol. The van der Waals surface area contributed by atoms with Crippen LogP contribution in [0.3, 0.4) is 0 Å². The molecule has 1 saturated heterocycles. The fraction of sp³-hybridized carbons (Fsp3) is 0.538. The Kier molecular flexibility index (Phi) is 3.52. The third kappa shape index (κ3) is 2.09. The van der Waals surface area contributed by atoms with E-state index in [1.165, 1.54) is 13.2 Å². The van der Waals surface area contributed by atoms with Gasteiger partial charge >= 0.3 is 0 Å². The molecule has 1 aliphatic heterocycles. The molecule has 0 radical (unpaired) electrons. The molecule has 0 aliphatic carbocycles. The smallest absolute Gasteiger partial charge is 0.197 e. The lowest BCUT2D eigenvalue weighted by molar-refractivity contribution is 0.332. The molecule has 0 saturated carbocycles. The SMILES string of the molecule is COc1c(F)cc(C)c(C2CCNC2)c1OC. The molecule has 0 bridgehead atoms. The minimum Gasteiger partial charge on any atom is -0.492 e. The van der Waals surface area contributed by atoms with Crippen molar-refractivity contribution in [2.45, 2.75) is 19.3 Å². The highest BCUT2D eigenvalue weighted by atomic mass is 19.1. The lowest BCUT2D eigenvalue weighted by atomic mass is 9.92. The van der Waals surface area contributed by atoms with Crippen LogP contribution in [0.15, 0.2) is 6.07 Å². The first-order valence-corrected chi connectivity index (χ1v) is 5.80. The Morgan fingerprint density at radius 3 is 2.53 bits per heavy atom. The van der Waals surface area contributed by atoms with E-state index >= 15 is 0 Å². The second-order valence-electron chi connectivity index (χ2n) is 4.35. The molecule has 1 aliphatic rings. The van der Waals surface area contributed by atoms with Crippen LogP contribution < -0.4 is 14.8 Å². The summed E-state index contributed by atoms with van der Waals surface area (Å²) < 4.78 is 24.2. The maximum Gasteiger partial charge on any atom is 0.197 e. The molecule has 1 aromatic carbocycles. The van der Waals surface area contributed by atoms with E-state index < -0.39 is 0 Å². The zero-order valence-electron chi connectivity index (χ0n) is 10.5. The van der Waals surface area contributed by atoms with Gasteiger partial charge < -0.3 is 14.8 Å². The summed E-state index contributed by atoms with van der Waals surface area (Å²) in [6.07, 6.45) is 1.05.